The fourth-order valence-corrected chi connectivity index (χ4v) is 4.45. The highest BCUT2D eigenvalue weighted by atomic mass is 16.2. The van der Waals surface area contributed by atoms with Crippen LogP contribution in [0.5, 0.6) is 0 Å². The first-order valence-corrected chi connectivity index (χ1v) is 10.4. The Hall–Kier alpha value is -2.96. The van der Waals surface area contributed by atoms with Gasteiger partial charge in [0.1, 0.15) is 6.54 Å². The van der Waals surface area contributed by atoms with Gasteiger partial charge < -0.3 is 0 Å². The van der Waals surface area contributed by atoms with Crippen molar-refractivity contribution in [2.24, 2.45) is 5.10 Å². The largest absolute Gasteiger partial charge is 0.331 e. The number of rotatable bonds is 5. The zero-order chi connectivity index (χ0) is 20.2. The third-order valence-corrected chi connectivity index (χ3v) is 5.87. The van der Waals surface area contributed by atoms with Crippen LogP contribution in [0.2, 0.25) is 0 Å². The lowest BCUT2D eigenvalue weighted by Crippen LogP contribution is -2.46. The molecule has 1 fully saturated rings. The summed E-state index contributed by atoms with van der Waals surface area (Å²) in [5.74, 6) is -0.373. The number of hydrogen-bond acceptors (Lipinski definition) is 4. The lowest BCUT2D eigenvalue weighted by Gasteiger charge is -2.25. The van der Waals surface area contributed by atoms with Crippen LogP contribution in [0.4, 0.5) is 0 Å². The van der Waals surface area contributed by atoms with E-state index in [0.29, 0.717) is 24.1 Å². The maximum Gasteiger partial charge on any atom is 0.331 e. The smallest absolute Gasteiger partial charge is 0.288 e. The molecule has 0 unspecified atom stereocenters. The molecule has 1 saturated carbocycles. The predicted octanol–water partition coefficient (Wildman–Crippen LogP) is 2.15. The van der Waals surface area contributed by atoms with Crippen LogP contribution in [0, 0.1) is 0 Å². The number of amides is 1. The van der Waals surface area contributed by atoms with E-state index in [1.807, 2.05) is 30.3 Å². The Morgan fingerprint density at radius 2 is 1.83 bits per heavy atom. The van der Waals surface area contributed by atoms with Crippen molar-refractivity contribution in [1.82, 2.24) is 14.6 Å². The molecule has 0 bridgehead atoms. The SMILES string of the molecule is O=C(Cn1c2c(c(=O)n(C3CCCCC3)c1=O)CCC2)N/N=C/c1ccccc1. The number of hydrazone groups is 1. The second-order valence-corrected chi connectivity index (χ2v) is 7.82. The molecule has 0 aliphatic heterocycles. The zero-order valence-electron chi connectivity index (χ0n) is 16.5. The molecule has 0 saturated heterocycles. The fraction of sp³-hybridized carbons (Fsp3) is 0.455. The highest BCUT2D eigenvalue weighted by Gasteiger charge is 2.27. The first kappa shape index (κ1) is 19.4. The van der Waals surface area contributed by atoms with Crippen LogP contribution in [-0.4, -0.2) is 21.3 Å². The maximum atomic E-state index is 13.2. The van der Waals surface area contributed by atoms with E-state index in [1.54, 1.807) is 6.21 Å². The van der Waals surface area contributed by atoms with Gasteiger partial charge in [0, 0.05) is 17.3 Å². The van der Waals surface area contributed by atoms with Gasteiger partial charge >= 0.3 is 5.69 Å². The molecule has 0 spiro atoms. The third kappa shape index (κ3) is 4.09. The molecule has 7 heteroatoms. The Morgan fingerprint density at radius 1 is 1.07 bits per heavy atom. The summed E-state index contributed by atoms with van der Waals surface area (Å²) in [5.41, 5.74) is 4.29. The van der Waals surface area contributed by atoms with Crippen molar-refractivity contribution in [2.75, 3.05) is 0 Å². The molecule has 1 aromatic carbocycles. The standard InChI is InChI=1S/C22H26N4O3/c27-20(24-23-14-16-8-3-1-4-9-16)15-25-19-13-7-12-18(19)21(28)26(22(25)29)17-10-5-2-6-11-17/h1,3-4,8-9,14,17H,2,5-7,10-13,15H2,(H,24,27)/b23-14+. The summed E-state index contributed by atoms with van der Waals surface area (Å²) in [6.07, 6.45) is 8.64. The van der Waals surface area contributed by atoms with Gasteiger partial charge in [-0.3, -0.25) is 18.7 Å². The zero-order valence-corrected chi connectivity index (χ0v) is 16.5. The molecule has 1 N–H and O–H groups in total. The minimum Gasteiger partial charge on any atom is -0.288 e. The summed E-state index contributed by atoms with van der Waals surface area (Å²) in [7, 11) is 0. The molecule has 1 amide bonds. The van der Waals surface area contributed by atoms with Gasteiger partial charge in [0.2, 0.25) is 0 Å². The van der Waals surface area contributed by atoms with Gasteiger partial charge in [-0.05, 0) is 37.7 Å². The number of hydrogen-bond donors (Lipinski definition) is 1. The lowest BCUT2D eigenvalue weighted by atomic mass is 9.95. The summed E-state index contributed by atoms with van der Waals surface area (Å²) in [4.78, 5) is 38.6. The van der Waals surface area contributed by atoms with Crippen LogP contribution in [0.25, 0.3) is 0 Å². The van der Waals surface area contributed by atoms with Crippen molar-refractivity contribution in [1.29, 1.82) is 0 Å². The normalized spacial score (nSPS) is 16.8. The molecule has 7 nitrogen and oxygen atoms in total. The van der Waals surface area contributed by atoms with Gasteiger partial charge in [-0.15, -0.1) is 0 Å². The first-order chi connectivity index (χ1) is 14.1. The van der Waals surface area contributed by atoms with Crippen LogP contribution in [0.3, 0.4) is 0 Å². The summed E-state index contributed by atoms with van der Waals surface area (Å²) >= 11 is 0. The molecule has 2 aromatic rings. The molecule has 1 heterocycles. The molecule has 2 aliphatic carbocycles. The fourth-order valence-electron chi connectivity index (χ4n) is 4.45. The highest BCUT2D eigenvalue weighted by Crippen LogP contribution is 2.27. The van der Waals surface area contributed by atoms with Gasteiger partial charge in [0.05, 0.1) is 6.21 Å². The van der Waals surface area contributed by atoms with E-state index in [-0.39, 0.29) is 29.7 Å². The molecule has 4 rings (SSSR count). The van der Waals surface area contributed by atoms with Crippen LogP contribution in [-0.2, 0) is 24.2 Å². The molecule has 2 aliphatic rings. The number of carbonyl (C=O) groups excluding carboxylic acids is 1. The number of carbonyl (C=O) groups is 1. The third-order valence-electron chi connectivity index (χ3n) is 5.87. The highest BCUT2D eigenvalue weighted by molar-refractivity contribution is 5.82. The topological polar surface area (TPSA) is 85.5 Å². The second-order valence-electron chi connectivity index (χ2n) is 7.82. The van der Waals surface area contributed by atoms with Gasteiger partial charge in [-0.1, -0.05) is 49.6 Å². The number of fused-ring (bicyclic) bond motifs is 1. The molecule has 29 heavy (non-hydrogen) atoms. The van der Waals surface area contributed by atoms with Crippen LogP contribution in [0.1, 0.15) is 61.4 Å². The summed E-state index contributed by atoms with van der Waals surface area (Å²) < 4.78 is 2.91. The molecule has 152 valence electrons. The number of nitrogens with zero attached hydrogens (tertiary/aromatic N) is 3. The lowest BCUT2D eigenvalue weighted by molar-refractivity contribution is -0.121. The molecule has 0 atom stereocenters. The van der Waals surface area contributed by atoms with Gasteiger partial charge in [0.15, 0.2) is 0 Å². The van der Waals surface area contributed by atoms with E-state index < -0.39 is 0 Å². The van der Waals surface area contributed by atoms with Crippen molar-refractivity contribution >= 4 is 12.1 Å². The van der Waals surface area contributed by atoms with Crippen molar-refractivity contribution < 1.29 is 4.79 Å². The van der Waals surface area contributed by atoms with Gasteiger partial charge in [-0.2, -0.15) is 5.10 Å². The Kier molecular flexibility index (Phi) is 5.74. The predicted molar refractivity (Wildman–Crippen MR) is 111 cm³/mol. The monoisotopic (exact) mass is 394 g/mol. The Labute approximate surface area is 169 Å². The second kappa shape index (κ2) is 8.59. The maximum absolute atomic E-state index is 13.2. The summed E-state index contributed by atoms with van der Waals surface area (Å²) in [5, 5.41) is 3.98. The Bertz CT molecular complexity index is 1030. The van der Waals surface area contributed by atoms with E-state index in [0.717, 1.165) is 44.1 Å². The molecular weight excluding hydrogens is 368 g/mol. The van der Waals surface area contributed by atoms with E-state index >= 15 is 0 Å². The van der Waals surface area contributed by atoms with E-state index in [2.05, 4.69) is 10.5 Å². The minimum absolute atomic E-state index is 0.0555. The Balaban J connectivity index is 1.59. The Morgan fingerprint density at radius 3 is 2.59 bits per heavy atom. The van der Waals surface area contributed by atoms with Crippen LogP contribution in [0.15, 0.2) is 45.0 Å². The quantitative estimate of drug-likeness (QED) is 0.623. The first-order valence-electron chi connectivity index (χ1n) is 10.4. The van der Waals surface area contributed by atoms with Crippen molar-refractivity contribution in [3.63, 3.8) is 0 Å². The average molecular weight is 394 g/mol. The molecular formula is C22H26N4O3. The van der Waals surface area contributed by atoms with Gasteiger partial charge in [0.25, 0.3) is 11.5 Å². The summed E-state index contributed by atoms with van der Waals surface area (Å²) in [6, 6.07) is 9.39. The van der Waals surface area contributed by atoms with Crippen LogP contribution >= 0.6 is 0 Å². The van der Waals surface area contributed by atoms with Gasteiger partial charge in [-0.25, -0.2) is 10.2 Å². The van der Waals surface area contributed by atoms with Crippen LogP contribution < -0.4 is 16.7 Å². The van der Waals surface area contributed by atoms with Crippen molar-refractivity contribution in [3.8, 4) is 0 Å². The molecule has 1 aromatic heterocycles. The van der Waals surface area contributed by atoms with E-state index in [4.69, 9.17) is 0 Å². The minimum atomic E-state index is -0.373. The average Bonchev–Trinajstić information content (AvgIpc) is 3.23. The number of benzene rings is 1. The van der Waals surface area contributed by atoms with Crippen molar-refractivity contribution in [3.05, 3.63) is 68.0 Å². The molecule has 0 radical (unpaired) electrons. The van der Waals surface area contributed by atoms with E-state index in [9.17, 15) is 14.4 Å². The number of aromatic nitrogens is 2. The van der Waals surface area contributed by atoms with Crippen molar-refractivity contribution in [2.45, 2.75) is 64.0 Å². The summed E-state index contributed by atoms with van der Waals surface area (Å²) in [6.45, 7) is -0.125. The number of nitrogens with one attached hydrogen (secondary N) is 1. The van der Waals surface area contributed by atoms with E-state index in [1.165, 1.54) is 9.13 Å².